The number of hydrogen-bond acceptors (Lipinski definition) is 3. The van der Waals surface area contributed by atoms with Crippen molar-refractivity contribution in [1.29, 1.82) is 5.26 Å². The van der Waals surface area contributed by atoms with Gasteiger partial charge in [-0.25, -0.2) is 8.78 Å². The molecule has 1 N–H and O–H groups in total. The maximum absolute atomic E-state index is 11.8. The Balaban J connectivity index is 2.33. The van der Waals surface area contributed by atoms with E-state index >= 15 is 0 Å². The second-order valence-electron chi connectivity index (χ2n) is 4.18. The van der Waals surface area contributed by atoms with E-state index in [0.717, 1.165) is 19.3 Å². The lowest BCUT2D eigenvalue weighted by atomic mass is 9.86. The van der Waals surface area contributed by atoms with E-state index < -0.39 is 18.6 Å². The highest BCUT2D eigenvalue weighted by Crippen LogP contribution is 2.37. The molecule has 0 saturated heterocycles. The summed E-state index contributed by atoms with van der Waals surface area (Å²) in [5.41, 5.74) is -0.478. The number of nitrogens with one attached hydrogen (secondary N) is 1. The van der Waals surface area contributed by atoms with Crippen LogP contribution in [-0.4, -0.2) is 32.2 Å². The third kappa shape index (κ3) is 3.13. The topological polar surface area (TPSA) is 45.0 Å². The van der Waals surface area contributed by atoms with Gasteiger partial charge in [-0.3, -0.25) is 0 Å². The predicted octanol–water partition coefficient (Wildman–Crippen LogP) is 1.94. The van der Waals surface area contributed by atoms with Crippen molar-refractivity contribution in [2.24, 2.45) is 5.92 Å². The Kier molecular flexibility index (Phi) is 5.10. The molecular formula is C11H18F2N2O. The molecule has 0 heterocycles. The molecule has 92 valence electrons. The van der Waals surface area contributed by atoms with Crippen molar-refractivity contribution in [2.75, 3.05) is 20.3 Å². The van der Waals surface area contributed by atoms with Crippen molar-refractivity contribution in [3.05, 3.63) is 0 Å². The van der Waals surface area contributed by atoms with Crippen molar-refractivity contribution in [1.82, 2.24) is 5.32 Å². The van der Waals surface area contributed by atoms with Crippen molar-refractivity contribution in [3.63, 3.8) is 0 Å². The van der Waals surface area contributed by atoms with E-state index in [1.165, 1.54) is 0 Å². The van der Waals surface area contributed by atoms with Crippen LogP contribution < -0.4 is 5.32 Å². The van der Waals surface area contributed by atoms with Crippen LogP contribution in [0.15, 0.2) is 0 Å². The molecule has 0 aliphatic heterocycles. The molecule has 1 rings (SSSR count). The average molecular weight is 232 g/mol. The Morgan fingerprint density at radius 2 is 2.38 bits per heavy atom. The van der Waals surface area contributed by atoms with E-state index in [2.05, 4.69) is 11.4 Å². The first-order chi connectivity index (χ1) is 7.64. The third-order valence-electron chi connectivity index (χ3n) is 3.32. The van der Waals surface area contributed by atoms with Crippen LogP contribution in [0.3, 0.4) is 0 Å². The van der Waals surface area contributed by atoms with E-state index in [1.54, 1.807) is 7.05 Å². The standard InChI is InChI=1S/C11H18F2N2O/c1-15-11(8-14)5-2-3-9(11)4-6-16-7-10(12)13/h9-10,15H,2-7H2,1H3. The fourth-order valence-electron chi connectivity index (χ4n) is 2.40. The number of nitrogens with zero attached hydrogens (tertiary/aromatic N) is 1. The van der Waals surface area contributed by atoms with E-state index in [1.807, 2.05) is 0 Å². The number of halogens is 2. The van der Waals surface area contributed by atoms with Crippen LogP contribution in [0.5, 0.6) is 0 Å². The summed E-state index contributed by atoms with van der Waals surface area (Å²) in [6.45, 7) is -0.202. The van der Waals surface area contributed by atoms with Gasteiger partial charge in [0.25, 0.3) is 6.43 Å². The van der Waals surface area contributed by atoms with Gasteiger partial charge in [-0.15, -0.1) is 0 Å². The molecule has 1 saturated carbocycles. The number of rotatable bonds is 6. The maximum atomic E-state index is 11.8. The van der Waals surface area contributed by atoms with Crippen molar-refractivity contribution in [3.8, 4) is 6.07 Å². The quantitative estimate of drug-likeness (QED) is 0.712. The molecule has 0 spiro atoms. The molecular weight excluding hydrogens is 214 g/mol. The first-order valence-electron chi connectivity index (χ1n) is 5.60. The Morgan fingerprint density at radius 3 is 2.94 bits per heavy atom. The minimum Gasteiger partial charge on any atom is -0.376 e. The van der Waals surface area contributed by atoms with Gasteiger partial charge < -0.3 is 10.1 Å². The van der Waals surface area contributed by atoms with E-state index in [-0.39, 0.29) is 5.92 Å². The van der Waals surface area contributed by atoms with Gasteiger partial charge in [0.05, 0.1) is 6.07 Å². The van der Waals surface area contributed by atoms with Gasteiger partial charge in [0.2, 0.25) is 0 Å². The van der Waals surface area contributed by atoms with Gasteiger partial charge in [-0.1, -0.05) is 6.42 Å². The molecule has 0 bridgehead atoms. The zero-order valence-electron chi connectivity index (χ0n) is 9.51. The largest absolute Gasteiger partial charge is 0.376 e. The van der Waals surface area contributed by atoms with Crippen LogP contribution in [-0.2, 0) is 4.74 Å². The summed E-state index contributed by atoms with van der Waals surface area (Å²) in [5.74, 6) is 0.208. The highest BCUT2D eigenvalue weighted by atomic mass is 19.3. The van der Waals surface area contributed by atoms with Crippen molar-refractivity contribution in [2.45, 2.75) is 37.6 Å². The molecule has 0 aromatic heterocycles. The Labute approximate surface area is 94.8 Å². The summed E-state index contributed by atoms with van der Waals surface area (Å²) in [6.07, 6.45) is 1.06. The minimum atomic E-state index is -2.41. The summed E-state index contributed by atoms with van der Waals surface area (Å²) < 4.78 is 28.5. The van der Waals surface area contributed by atoms with Crippen LogP contribution in [0.2, 0.25) is 0 Å². The summed E-state index contributed by atoms with van der Waals surface area (Å²) in [4.78, 5) is 0. The molecule has 1 aliphatic carbocycles. The number of hydrogen-bond donors (Lipinski definition) is 1. The van der Waals surface area contributed by atoms with Gasteiger partial charge in [0.1, 0.15) is 12.1 Å². The fraction of sp³-hybridized carbons (Fsp3) is 0.909. The van der Waals surface area contributed by atoms with Gasteiger partial charge in [-0.05, 0) is 32.2 Å². The first kappa shape index (κ1) is 13.3. The Bertz CT molecular complexity index is 255. The molecule has 0 amide bonds. The van der Waals surface area contributed by atoms with Crippen molar-refractivity contribution >= 4 is 0 Å². The second kappa shape index (κ2) is 6.12. The highest BCUT2D eigenvalue weighted by Gasteiger charge is 2.41. The normalized spacial score (nSPS) is 29.6. The SMILES string of the molecule is CNC1(C#N)CCCC1CCOCC(F)F. The van der Waals surface area contributed by atoms with Gasteiger partial charge in [0, 0.05) is 6.61 Å². The lowest BCUT2D eigenvalue weighted by molar-refractivity contribution is 0.0113. The molecule has 0 aromatic carbocycles. The maximum Gasteiger partial charge on any atom is 0.261 e. The summed E-state index contributed by atoms with van der Waals surface area (Å²) >= 11 is 0. The van der Waals surface area contributed by atoms with Crippen LogP contribution in [0.4, 0.5) is 8.78 Å². The lowest BCUT2D eigenvalue weighted by Gasteiger charge is -2.28. The lowest BCUT2D eigenvalue weighted by Crippen LogP contribution is -2.45. The van der Waals surface area contributed by atoms with Crippen LogP contribution >= 0.6 is 0 Å². The molecule has 0 aromatic rings. The highest BCUT2D eigenvalue weighted by molar-refractivity contribution is 5.13. The molecule has 2 unspecified atom stereocenters. The molecule has 5 heteroatoms. The smallest absolute Gasteiger partial charge is 0.261 e. The van der Waals surface area contributed by atoms with Crippen molar-refractivity contribution < 1.29 is 13.5 Å². The number of nitriles is 1. The molecule has 0 radical (unpaired) electrons. The molecule has 16 heavy (non-hydrogen) atoms. The second-order valence-corrected chi connectivity index (χ2v) is 4.18. The first-order valence-corrected chi connectivity index (χ1v) is 5.60. The van der Waals surface area contributed by atoms with E-state index in [4.69, 9.17) is 10.00 Å². The molecule has 1 fully saturated rings. The van der Waals surface area contributed by atoms with E-state index in [0.29, 0.717) is 13.0 Å². The van der Waals surface area contributed by atoms with Crippen LogP contribution in [0, 0.1) is 17.2 Å². The number of alkyl halides is 2. The van der Waals surface area contributed by atoms with Gasteiger partial charge >= 0.3 is 0 Å². The Hall–Kier alpha value is -0.730. The predicted molar refractivity (Wildman–Crippen MR) is 56.2 cm³/mol. The zero-order valence-corrected chi connectivity index (χ0v) is 9.51. The summed E-state index contributed by atoms with van der Waals surface area (Å²) in [5, 5.41) is 12.2. The molecule has 3 nitrogen and oxygen atoms in total. The van der Waals surface area contributed by atoms with Crippen LogP contribution in [0.25, 0.3) is 0 Å². The summed E-state index contributed by atoms with van der Waals surface area (Å²) in [6, 6.07) is 2.31. The Morgan fingerprint density at radius 1 is 1.62 bits per heavy atom. The fourth-order valence-corrected chi connectivity index (χ4v) is 2.40. The average Bonchev–Trinajstić information content (AvgIpc) is 2.67. The minimum absolute atomic E-state index is 0.208. The zero-order chi connectivity index (χ0) is 12.0. The van der Waals surface area contributed by atoms with Gasteiger partial charge in [0.15, 0.2) is 0 Å². The third-order valence-corrected chi connectivity index (χ3v) is 3.32. The van der Waals surface area contributed by atoms with Crippen LogP contribution in [0.1, 0.15) is 25.7 Å². The summed E-state index contributed by atoms with van der Waals surface area (Å²) in [7, 11) is 1.78. The number of ether oxygens (including phenoxy) is 1. The molecule has 1 aliphatic rings. The van der Waals surface area contributed by atoms with E-state index in [9.17, 15) is 8.78 Å². The van der Waals surface area contributed by atoms with Gasteiger partial charge in [-0.2, -0.15) is 5.26 Å². The molecule has 2 atom stereocenters. The monoisotopic (exact) mass is 232 g/mol.